The van der Waals surface area contributed by atoms with Gasteiger partial charge in [-0.25, -0.2) is 0 Å². The standard InChI is InChI=1S/C14H8BrClN2O2/c15-10-7-8(5-6-11(10)16)13-17-14(20-18-13)9-3-1-2-4-12(9)19/h1-7,19H. The van der Waals surface area contributed by atoms with Crippen molar-refractivity contribution >= 4 is 27.5 Å². The summed E-state index contributed by atoms with van der Waals surface area (Å²) in [6.07, 6.45) is 0. The normalized spacial score (nSPS) is 10.7. The second-order valence-corrected chi connectivity index (χ2v) is 5.33. The van der Waals surface area contributed by atoms with Crippen LogP contribution in [0.1, 0.15) is 0 Å². The molecule has 1 aromatic heterocycles. The number of aromatic hydroxyl groups is 1. The van der Waals surface area contributed by atoms with Crippen LogP contribution in [0.4, 0.5) is 0 Å². The SMILES string of the molecule is Oc1ccccc1-c1nc(-c2ccc(Cl)c(Br)c2)no1. The highest BCUT2D eigenvalue weighted by atomic mass is 79.9. The number of phenols is 1. The molecule has 1 heterocycles. The van der Waals surface area contributed by atoms with Gasteiger partial charge in [0, 0.05) is 10.0 Å². The minimum atomic E-state index is 0.0972. The van der Waals surface area contributed by atoms with E-state index in [1.165, 1.54) is 0 Å². The Balaban J connectivity index is 2.02. The van der Waals surface area contributed by atoms with E-state index >= 15 is 0 Å². The van der Waals surface area contributed by atoms with E-state index in [2.05, 4.69) is 26.1 Å². The van der Waals surface area contributed by atoms with Gasteiger partial charge >= 0.3 is 0 Å². The van der Waals surface area contributed by atoms with Gasteiger partial charge in [0.15, 0.2) is 0 Å². The number of aromatic nitrogens is 2. The van der Waals surface area contributed by atoms with Gasteiger partial charge in [0.1, 0.15) is 5.75 Å². The topological polar surface area (TPSA) is 59.2 Å². The van der Waals surface area contributed by atoms with Crippen LogP contribution in [0.15, 0.2) is 51.5 Å². The van der Waals surface area contributed by atoms with Gasteiger partial charge in [-0.05, 0) is 46.3 Å². The number of benzene rings is 2. The van der Waals surface area contributed by atoms with E-state index in [0.29, 0.717) is 16.4 Å². The third-order valence-electron chi connectivity index (χ3n) is 2.74. The van der Waals surface area contributed by atoms with Gasteiger partial charge in [0.25, 0.3) is 5.89 Å². The number of halogens is 2. The molecule has 20 heavy (non-hydrogen) atoms. The summed E-state index contributed by atoms with van der Waals surface area (Å²) >= 11 is 9.29. The zero-order valence-electron chi connectivity index (χ0n) is 10.0. The molecule has 3 rings (SSSR count). The fourth-order valence-electron chi connectivity index (χ4n) is 1.74. The summed E-state index contributed by atoms with van der Waals surface area (Å²) < 4.78 is 5.94. The van der Waals surface area contributed by atoms with Crippen molar-refractivity contribution < 1.29 is 9.63 Å². The molecule has 0 amide bonds. The van der Waals surface area contributed by atoms with Crippen LogP contribution in [0.25, 0.3) is 22.8 Å². The molecular weight excluding hydrogens is 344 g/mol. The third-order valence-corrected chi connectivity index (χ3v) is 3.95. The lowest BCUT2D eigenvalue weighted by atomic mass is 10.2. The van der Waals surface area contributed by atoms with Gasteiger partial charge in [-0.15, -0.1) is 0 Å². The summed E-state index contributed by atoms with van der Waals surface area (Å²) in [6, 6.07) is 12.2. The van der Waals surface area contributed by atoms with Crippen LogP contribution in [-0.2, 0) is 0 Å². The molecule has 0 saturated carbocycles. The minimum absolute atomic E-state index is 0.0972. The van der Waals surface area contributed by atoms with E-state index in [-0.39, 0.29) is 11.6 Å². The van der Waals surface area contributed by atoms with Crippen molar-refractivity contribution in [2.75, 3.05) is 0 Å². The molecule has 2 aromatic carbocycles. The predicted octanol–water partition coefficient (Wildman–Crippen LogP) is 4.53. The fraction of sp³-hybridized carbons (Fsp3) is 0. The van der Waals surface area contributed by atoms with Gasteiger partial charge in [0.05, 0.1) is 10.6 Å². The first-order valence-electron chi connectivity index (χ1n) is 5.72. The van der Waals surface area contributed by atoms with Gasteiger partial charge in [-0.1, -0.05) is 28.9 Å². The Labute approximate surface area is 128 Å². The van der Waals surface area contributed by atoms with Crippen LogP contribution in [0.3, 0.4) is 0 Å². The third kappa shape index (κ3) is 2.42. The first-order chi connectivity index (χ1) is 9.65. The molecule has 0 fully saturated rings. The molecule has 0 spiro atoms. The Morgan fingerprint density at radius 3 is 2.70 bits per heavy atom. The lowest BCUT2D eigenvalue weighted by Crippen LogP contribution is -1.82. The predicted molar refractivity (Wildman–Crippen MR) is 79.5 cm³/mol. The molecule has 0 bridgehead atoms. The number of hydrogen-bond donors (Lipinski definition) is 1. The Morgan fingerprint density at radius 1 is 1.15 bits per heavy atom. The average molecular weight is 352 g/mol. The molecule has 4 nitrogen and oxygen atoms in total. The van der Waals surface area contributed by atoms with E-state index in [4.69, 9.17) is 16.1 Å². The Hall–Kier alpha value is -1.85. The Morgan fingerprint density at radius 2 is 1.95 bits per heavy atom. The molecule has 0 unspecified atom stereocenters. The maximum Gasteiger partial charge on any atom is 0.261 e. The summed E-state index contributed by atoms with van der Waals surface area (Å²) in [7, 11) is 0. The fourth-order valence-corrected chi connectivity index (χ4v) is 2.24. The summed E-state index contributed by atoms with van der Waals surface area (Å²) in [5, 5.41) is 14.3. The molecule has 3 aromatic rings. The number of phenolic OH excluding ortho intramolecular Hbond substituents is 1. The number of nitrogens with zero attached hydrogens (tertiary/aromatic N) is 2. The largest absolute Gasteiger partial charge is 0.507 e. The zero-order chi connectivity index (χ0) is 14.1. The van der Waals surface area contributed by atoms with Crippen LogP contribution in [0, 0.1) is 0 Å². The number of hydrogen-bond acceptors (Lipinski definition) is 4. The van der Waals surface area contributed by atoms with Crippen LogP contribution < -0.4 is 0 Å². The maximum absolute atomic E-state index is 9.77. The van der Waals surface area contributed by atoms with Gasteiger partial charge in [0.2, 0.25) is 5.82 Å². The molecule has 0 aliphatic heterocycles. The summed E-state index contributed by atoms with van der Waals surface area (Å²) in [5.74, 6) is 0.796. The van der Waals surface area contributed by atoms with Gasteiger partial charge < -0.3 is 9.63 Å². The monoisotopic (exact) mass is 350 g/mol. The molecule has 0 aliphatic carbocycles. The smallest absolute Gasteiger partial charge is 0.261 e. The number of rotatable bonds is 2. The summed E-state index contributed by atoms with van der Waals surface area (Å²) in [4.78, 5) is 4.28. The quantitative estimate of drug-likeness (QED) is 0.737. The lowest BCUT2D eigenvalue weighted by molar-refractivity contribution is 0.426. The van der Waals surface area contributed by atoms with Crippen LogP contribution in [0.5, 0.6) is 5.75 Å². The minimum Gasteiger partial charge on any atom is -0.507 e. The van der Waals surface area contributed by atoms with Crippen molar-refractivity contribution in [2.24, 2.45) is 0 Å². The van der Waals surface area contributed by atoms with Crippen molar-refractivity contribution in [1.29, 1.82) is 0 Å². The average Bonchev–Trinajstić information content (AvgIpc) is 2.92. The Bertz CT molecular complexity index is 773. The van der Waals surface area contributed by atoms with E-state index in [9.17, 15) is 5.11 Å². The highest BCUT2D eigenvalue weighted by Gasteiger charge is 2.14. The first kappa shape index (κ1) is 13.1. The van der Waals surface area contributed by atoms with E-state index in [1.54, 1.807) is 36.4 Å². The lowest BCUT2D eigenvalue weighted by Gasteiger charge is -1.98. The second-order valence-electron chi connectivity index (χ2n) is 4.07. The van der Waals surface area contributed by atoms with Crippen LogP contribution >= 0.6 is 27.5 Å². The van der Waals surface area contributed by atoms with Crippen molar-refractivity contribution in [3.63, 3.8) is 0 Å². The highest BCUT2D eigenvalue weighted by Crippen LogP contribution is 2.31. The van der Waals surface area contributed by atoms with Crippen molar-refractivity contribution in [2.45, 2.75) is 0 Å². The maximum atomic E-state index is 9.77. The van der Waals surface area contributed by atoms with E-state index < -0.39 is 0 Å². The molecular formula is C14H8BrClN2O2. The van der Waals surface area contributed by atoms with Gasteiger partial charge in [-0.3, -0.25) is 0 Å². The van der Waals surface area contributed by atoms with Crippen LogP contribution in [0.2, 0.25) is 5.02 Å². The molecule has 100 valence electrons. The van der Waals surface area contributed by atoms with Gasteiger partial charge in [-0.2, -0.15) is 4.98 Å². The molecule has 6 heteroatoms. The molecule has 0 radical (unpaired) electrons. The summed E-state index contributed by atoms with van der Waals surface area (Å²) in [5.41, 5.74) is 1.27. The first-order valence-corrected chi connectivity index (χ1v) is 6.90. The van der Waals surface area contributed by atoms with E-state index in [1.807, 2.05) is 6.07 Å². The molecule has 0 saturated heterocycles. The van der Waals surface area contributed by atoms with Crippen molar-refractivity contribution in [1.82, 2.24) is 10.1 Å². The van der Waals surface area contributed by atoms with E-state index in [0.717, 1.165) is 10.0 Å². The van der Waals surface area contributed by atoms with Crippen molar-refractivity contribution in [3.05, 3.63) is 52.0 Å². The molecule has 0 atom stereocenters. The molecule has 0 aliphatic rings. The Kier molecular flexibility index (Phi) is 3.46. The number of para-hydroxylation sites is 1. The van der Waals surface area contributed by atoms with Crippen LogP contribution in [-0.4, -0.2) is 15.2 Å². The van der Waals surface area contributed by atoms with Crippen molar-refractivity contribution in [3.8, 4) is 28.6 Å². The summed E-state index contributed by atoms with van der Waals surface area (Å²) in [6.45, 7) is 0. The zero-order valence-corrected chi connectivity index (χ0v) is 12.4. The molecule has 1 N–H and O–H groups in total. The highest BCUT2D eigenvalue weighted by molar-refractivity contribution is 9.10. The second kappa shape index (κ2) is 5.26.